The zero-order chi connectivity index (χ0) is 21.4. The molecule has 0 aliphatic rings. The van der Waals surface area contributed by atoms with Crippen LogP contribution >= 0.6 is 0 Å². The van der Waals surface area contributed by atoms with Crippen molar-refractivity contribution >= 4 is 26.6 Å². The summed E-state index contributed by atoms with van der Waals surface area (Å²) in [4.78, 5) is 5.06. The van der Waals surface area contributed by atoms with Gasteiger partial charge in [0.15, 0.2) is 15.8 Å². The van der Waals surface area contributed by atoms with Gasteiger partial charge in [-0.2, -0.15) is 0 Å². The Bertz CT molecular complexity index is 1100. The molecular formula is C24H29N3O2S. The molecule has 0 aliphatic carbocycles. The lowest BCUT2D eigenvalue weighted by Gasteiger charge is -2.12. The van der Waals surface area contributed by atoms with E-state index >= 15 is 0 Å². The van der Waals surface area contributed by atoms with E-state index in [4.69, 9.17) is 4.99 Å². The number of nitrogens with one attached hydrogen (secondary N) is 2. The van der Waals surface area contributed by atoms with Crippen LogP contribution in [0.2, 0.25) is 0 Å². The molecule has 0 aliphatic heterocycles. The molecule has 0 bridgehead atoms. The number of guanidine groups is 1. The first kappa shape index (κ1) is 21.8. The standard InChI is InChI=1S/C24H29N3O2S/c1-3-25-24(26-17-15-19-11-13-22(14-12-19)30(2,28)29)27-18-16-21-9-6-8-20-7-4-5-10-23(20)21/h4-14H,3,15-18H2,1-2H3,(H2,25,26,27). The fourth-order valence-electron chi connectivity index (χ4n) is 3.37. The maximum Gasteiger partial charge on any atom is 0.191 e. The van der Waals surface area contributed by atoms with Crippen LogP contribution in [0.1, 0.15) is 18.1 Å². The molecule has 0 fully saturated rings. The number of nitrogens with zero attached hydrogens (tertiary/aromatic N) is 1. The molecule has 0 amide bonds. The van der Waals surface area contributed by atoms with Crippen molar-refractivity contribution in [3.63, 3.8) is 0 Å². The summed E-state index contributed by atoms with van der Waals surface area (Å²) in [5, 5.41) is 9.18. The Hall–Kier alpha value is -2.86. The van der Waals surface area contributed by atoms with Crippen molar-refractivity contribution in [2.24, 2.45) is 4.99 Å². The average molecular weight is 424 g/mol. The molecule has 0 atom stereocenters. The van der Waals surface area contributed by atoms with Crippen molar-refractivity contribution < 1.29 is 8.42 Å². The van der Waals surface area contributed by atoms with Gasteiger partial charge in [-0.1, -0.05) is 54.6 Å². The molecule has 0 unspecified atom stereocenters. The van der Waals surface area contributed by atoms with Crippen LogP contribution in [0.25, 0.3) is 10.8 Å². The summed E-state index contributed by atoms with van der Waals surface area (Å²) in [7, 11) is -3.15. The molecule has 0 spiro atoms. The molecule has 5 nitrogen and oxygen atoms in total. The van der Waals surface area contributed by atoms with E-state index in [0.717, 1.165) is 37.5 Å². The molecule has 30 heavy (non-hydrogen) atoms. The molecule has 0 saturated heterocycles. The topological polar surface area (TPSA) is 70.6 Å². The van der Waals surface area contributed by atoms with Gasteiger partial charge in [-0.15, -0.1) is 0 Å². The molecule has 0 aromatic heterocycles. The highest BCUT2D eigenvalue weighted by Gasteiger charge is 2.06. The van der Waals surface area contributed by atoms with Crippen molar-refractivity contribution in [3.05, 3.63) is 77.9 Å². The predicted molar refractivity (Wildman–Crippen MR) is 125 cm³/mol. The smallest absolute Gasteiger partial charge is 0.191 e. The van der Waals surface area contributed by atoms with E-state index in [1.54, 1.807) is 12.1 Å². The molecule has 3 aromatic carbocycles. The average Bonchev–Trinajstić information content (AvgIpc) is 2.74. The highest BCUT2D eigenvalue weighted by molar-refractivity contribution is 7.90. The van der Waals surface area contributed by atoms with E-state index in [1.807, 2.05) is 19.1 Å². The highest BCUT2D eigenvalue weighted by Crippen LogP contribution is 2.18. The van der Waals surface area contributed by atoms with Crippen molar-refractivity contribution in [1.29, 1.82) is 0 Å². The Balaban J connectivity index is 1.55. The van der Waals surface area contributed by atoms with E-state index in [2.05, 4.69) is 53.1 Å². The Morgan fingerprint density at radius 3 is 2.37 bits per heavy atom. The Labute approximate surface area is 179 Å². The molecule has 0 radical (unpaired) electrons. The monoisotopic (exact) mass is 423 g/mol. The fourth-order valence-corrected chi connectivity index (χ4v) is 4.00. The lowest BCUT2D eigenvalue weighted by atomic mass is 10.0. The summed E-state index contributed by atoms with van der Waals surface area (Å²) in [6.45, 7) is 4.26. The molecule has 2 N–H and O–H groups in total. The Morgan fingerprint density at radius 2 is 1.63 bits per heavy atom. The third-order valence-electron chi connectivity index (χ3n) is 4.93. The van der Waals surface area contributed by atoms with Gasteiger partial charge in [0, 0.05) is 25.9 Å². The highest BCUT2D eigenvalue weighted by atomic mass is 32.2. The summed E-state index contributed by atoms with van der Waals surface area (Å²) in [5.74, 6) is 0.797. The van der Waals surface area contributed by atoms with Crippen LogP contribution in [0.5, 0.6) is 0 Å². The SMILES string of the molecule is CCNC(=NCCc1cccc2ccccc12)NCCc1ccc(S(C)(=O)=O)cc1. The Morgan fingerprint density at radius 1 is 0.900 bits per heavy atom. The lowest BCUT2D eigenvalue weighted by molar-refractivity contribution is 0.602. The molecule has 3 rings (SSSR count). The van der Waals surface area contributed by atoms with E-state index in [9.17, 15) is 8.42 Å². The third-order valence-corrected chi connectivity index (χ3v) is 6.06. The number of aliphatic imine (C=N–C) groups is 1. The third kappa shape index (κ3) is 6.07. The second kappa shape index (κ2) is 10.3. The van der Waals surface area contributed by atoms with Gasteiger partial charge in [0.25, 0.3) is 0 Å². The van der Waals surface area contributed by atoms with Crippen molar-refractivity contribution in [1.82, 2.24) is 10.6 Å². The second-order valence-electron chi connectivity index (χ2n) is 7.24. The van der Waals surface area contributed by atoms with Gasteiger partial charge >= 0.3 is 0 Å². The first-order chi connectivity index (χ1) is 14.5. The minimum atomic E-state index is -3.15. The van der Waals surface area contributed by atoms with Crippen LogP contribution in [0, 0.1) is 0 Å². The maximum absolute atomic E-state index is 11.6. The molecule has 158 valence electrons. The zero-order valence-electron chi connectivity index (χ0n) is 17.6. The summed E-state index contributed by atoms with van der Waals surface area (Å²) in [6.07, 6.45) is 2.89. The van der Waals surface area contributed by atoms with Crippen LogP contribution in [-0.2, 0) is 22.7 Å². The number of rotatable bonds is 8. The van der Waals surface area contributed by atoms with Gasteiger partial charge in [0.05, 0.1) is 4.90 Å². The number of hydrogen-bond acceptors (Lipinski definition) is 3. The molecule has 0 heterocycles. The summed E-state index contributed by atoms with van der Waals surface area (Å²) in [6, 6.07) is 21.9. The van der Waals surface area contributed by atoms with Crippen LogP contribution in [0.15, 0.2) is 76.6 Å². The van der Waals surface area contributed by atoms with E-state index < -0.39 is 9.84 Å². The molecule has 0 saturated carbocycles. The molecule has 3 aromatic rings. The first-order valence-corrected chi connectivity index (χ1v) is 12.1. The van der Waals surface area contributed by atoms with E-state index in [1.165, 1.54) is 22.6 Å². The second-order valence-corrected chi connectivity index (χ2v) is 9.26. The van der Waals surface area contributed by atoms with E-state index in [0.29, 0.717) is 11.4 Å². The Kier molecular flexibility index (Phi) is 7.46. The fraction of sp³-hybridized carbons (Fsp3) is 0.292. The van der Waals surface area contributed by atoms with Gasteiger partial charge in [-0.3, -0.25) is 4.99 Å². The zero-order valence-corrected chi connectivity index (χ0v) is 18.4. The summed E-state index contributed by atoms with van der Waals surface area (Å²) < 4.78 is 23.1. The normalized spacial score (nSPS) is 12.1. The maximum atomic E-state index is 11.6. The number of fused-ring (bicyclic) bond motifs is 1. The van der Waals surface area contributed by atoms with E-state index in [-0.39, 0.29) is 0 Å². The molecular weight excluding hydrogens is 394 g/mol. The minimum Gasteiger partial charge on any atom is -0.357 e. The largest absolute Gasteiger partial charge is 0.357 e. The van der Waals surface area contributed by atoms with Crippen LogP contribution in [0.4, 0.5) is 0 Å². The van der Waals surface area contributed by atoms with Gasteiger partial charge < -0.3 is 10.6 Å². The van der Waals surface area contributed by atoms with Crippen LogP contribution < -0.4 is 10.6 Å². The summed E-state index contributed by atoms with van der Waals surface area (Å²) >= 11 is 0. The quantitative estimate of drug-likeness (QED) is 0.429. The van der Waals surface area contributed by atoms with Crippen molar-refractivity contribution in [2.75, 3.05) is 25.9 Å². The first-order valence-electron chi connectivity index (χ1n) is 10.2. The summed E-state index contributed by atoms with van der Waals surface area (Å²) in [5.41, 5.74) is 2.39. The van der Waals surface area contributed by atoms with Crippen LogP contribution in [0.3, 0.4) is 0 Å². The van der Waals surface area contributed by atoms with Gasteiger partial charge in [-0.25, -0.2) is 8.42 Å². The van der Waals surface area contributed by atoms with Gasteiger partial charge in [-0.05, 0) is 53.8 Å². The van der Waals surface area contributed by atoms with Gasteiger partial charge in [0.2, 0.25) is 0 Å². The van der Waals surface area contributed by atoms with Gasteiger partial charge in [0.1, 0.15) is 0 Å². The van der Waals surface area contributed by atoms with Crippen molar-refractivity contribution in [3.8, 4) is 0 Å². The van der Waals surface area contributed by atoms with Crippen molar-refractivity contribution in [2.45, 2.75) is 24.7 Å². The lowest BCUT2D eigenvalue weighted by Crippen LogP contribution is -2.38. The number of sulfone groups is 1. The predicted octanol–water partition coefficient (Wildman–Crippen LogP) is 3.58. The van der Waals surface area contributed by atoms with Crippen LogP contribution in [-0.4, -0.2) is 40.3 Å². The minimum absolute atomic E-state index is 0.350. The number of hydrogen-bond donors (Lipinski definition) is 2. The molecule has 6 heteroatoms. The number of benzene rings is 3.